The summed E-state index contributed by atoms with van der Waals surface area (Å²) in [5, 5.41) is 0.268. The molecule has 1 unspecified atom stereocenters. The first kappa shape index (κ1) is 27.6. The van der Waals surface area contributed by atoms with Gasteiger partial charge in [0.05, 0.1) is 29.2 Å². The van der Waals surface area contributed by atoms with Crippen LogP contribution in [0.3, 0.4) is 0 Å². The van der Waals surface area contributed by atoms with Crippen molar-refractivity contribution in [1.82, 2.24) is 9.55 Å². The molecule has 7 rings (SSSR count). The maximum Gasteiger partial charge on any atom is 0.278 e. The van der Waals surface area contributed by atoms with Gasteiger partial charge in [-0.05, 0) is 73.0 Å². The molecule has 6 nitrogen and oxygen atoms in total. The number of halogens is 3. The Morgan fingerprint density at radius 3 is 2.60 bits per heavy atom. The van der Waals surface area contributed by atoms with E-state index < -0.39 is 17.4 Å². The second-order valence-electron chi connectivity index (χ2n) is 11.1. The molecule has 0 radical (unpaired) electrons. The normalized spacial score (nSPS) is 19.0. The third-order valence-electron chi connectivity index (χ3n) is 8.13. The maximum absolute atomic E-state index is 15.7. The number of nitrogens with zero attached hydrogens (tertiary/aromatic N) is 2. The van der Waals surface area contributed by atoms with Crippen LogP contribution in [-0.2, 0) is 23.5 Å². The van der Waals surface area contributed by atoms with E-state index in [4.69, 9.17) is 30.8 Å². The third kappa shape index (κ3) is 4.94. The molecule has 5 aromatic rings. The highest BCUT2D eigenvalue weighted by atomic mass is 35.5. The Labute approximate surface area is 251 Å². The van der Waals surface area contributed by atoms with Gasteiger partial charge in [-0.25, -0.2) is 13.8 Å². The number of carbonyl (C=O) groups is 1. The van der Waals surface area contributed by atoms with E-state index in [-0.39, 0.29) is 28.9 Å². The van der Waals surface area contributed by atoms with Gasteiger partial charge in [-0.3, -0.25) is 4.79 Å². The van der Waals surface area contributed by atoms with Crippen molar-refractivity contribution in [3.63, 3.8) is 0 Å². The van der Waals surface area contributed by atoms with E-state index in [1.807, 2.05) is 28.8 Å². The lowest BCUT2D eigenvalue weighted by molar-refractivity contribution is -0.0705. The molecule has 0 spiro atoms. The van der Waals surface area contributed by atoms with E-state index in [0.29, 0.717) is 52.7 Å². The smallest absolute Gasteiger partial charge is 0.278 e. The van der Waals surface area contributed by atoms with Crippen LogP contribution in [-0.4, -0.2) is 28.0 Å². The predicted octanol–water partition coefficient (Wildman–Crippen LogP) is 7.86. The molecule has 1 aromatic heterocycles. The van der Waals surface area contributed by atoms with Gasteiger partial charge in [-0.2, -0.15) is 0 Å². The number of benzene rings is 4. The first-order valence-electron chi connectivity index (χ1n) is 14.1. The van der Waals surface area contributed by atoms with Crippen LogP contribution in [0.4, 0.5) is 8.78 Å². The number of imidazole rings is 1. The quantitative estimate of drug-likeness (QED) is 0.178. The fourth-order valence-corrected chi connectivity index (χ4v) is 5.87. The number of ether oxygens (including phenoxy) is 3. The summed E-state index contributed by atoms with van der Waals surface area (Å²) in [5.41, 5.74) is 4.05. The Hall–Kier alpha value is -4.27. The van der Waals surface area contributed by atoms with Gasteiger partial charge < -0.3 is 18.8 Å². The lowest BCUT2D eigenvalue weighted by Gasteiger charge is -2.27. The van der Waals surface area contributed by atoms with Crippen LogP contribution < -0.4 is 9.47 Å². The molecule has 0 aliphatic carbocycles. The van der Waals surface area contributed by atoms with E-state index in [2.05, 4.69) is 0 Å². The Kier molecular flexibility index (Phi) is 6.71. The van der Waals surface area contributed by atoms with Gasteiger partial charge in [-0.1, -0.05) is 35.9 Å². The number of Topliss-reactive ketones (excluding diaryl/α,β-unsaturated/α-hetero) is 1. The van der Waals surface area contributed by atoms with Crippen molar-refractivity contribution in [2.45, 2.75) is 45.1 Å². The minimum atomic E-state index is -1.42. The fraction of sp³-hybridized carbons (Fsp3) is 0.235. The van der Waals surface area contributed by atoms with E-state index in [9.17, 15) is 9.18 Å². The Bertz CT molecular complexity index is 1920. The van der Waals surface area contributed by atoms with Gasteiger partial charge in [0.2, 0.25) is 0 Å². The maximum atomic E-state index is 15.7. The summed E-state index contributed by atoms with van der Waals surface area (Å²) in [5.74, 6) is -0.882. The van der Waals surface area contributed by atoms with Gasteiger partial charge in [0.1, 0.15) is 17.5 Å². The van der Waals surface area contributed by atoms with E-state index in [1.165, 1.54) is 25.1 Å². The molecule has 0 saturated carbocycles. The number of hydrogen-bond donors (Lipinski definition) is 0. The average molecular weight is 601 g/mol. The van der Waals surface area contributed by atoms with Crippen molar-refractivity contribution in [2.24, 2.45) is 0 Å². The molecule has 2 atom stereocenters. The van der Waals surface area contributed by atoms with Crippen LogP contribution in [0.15, 0.2) is 72.8 Å². The molecule has 0 amide bonds. The van der Waals surface area contributed by atoms with Crippen LogP contribution in [0.5, 0.6) is 11.5 Å². The van der Waals surface area contributed by atoms with Gasteiger partial charge >= 0.3 is 0 Å². The third-order valence-corrected chi connectivity index (χ3v) is 8.36. The van der Waals surface area contributed by atoms with Crippen LogP contribution >= 0.6 is 11.6 Å². The molecule has 4 aromatic carbocycles. The van der Waals surface area contributed by atoms with Gasteiger partial charge in [-0.15, -0.1) is 0 Å². The van der Waals surface area contributed by atoms with Crippen molar-refractivity contribution < 1.29 is 27.8 Å². The standard InChI is InChI=1S/C34H27ClF2N2O4/c1-19(40)20-8-11-29-30(15-20)39(18-24-12-13-41-24)32(38-29)16-22-7-6-21(14-27(22)36)25-4-3-5-31-33(25)43-34(2,42-31)26-10-9-23(35)17-28(26)37/h3-11,14-15,17,24H,12-13,16,18H2,1-2H3/t24-,34?/m0/s1. The van der Waals surface area contributed by atoms with Crippen molar-refractivity contribution in [3.8, 4) is 22.6 Å². The largest absolute Gasteiger partial charge is 0.444 e. The van der Waals surface area contributed by atoms with Gasteiger partial charge in [0.25, 0.3) is 5.79 Å². The summed E-state index contributed by atoms with van der Waals surface area (Å²) in [6, 6.07) is 20.1. The minimum Gasteiger partial charge on any atom is -0.444 e. The fourth-order valence-electron chi connectivity index (χ4n) is 5.71. The van der Waals surface area contributed by atoms with Crippen LogP contribution in [0.25, 0.3) is 22.2 Å². The monoisotopic (exact) mass is 600 g/mol. The van der Waals surface area contributed by atoms with Crippen LogP contribution in [0.2, 0.25) is 5.02 Å². The van der Waals surface area contributed by atoms with Crippen LogP contribution in [0.1, 0.15) is 47.6 Å². The van der Waals surface area contributed by atoms with Gasteiger partial charge in [0.15, 0.2) is 17.3 Å². The first-order valence-corrected chi connectivity index (χ1v) is 14.4. The number of carbonyl (C=O) groups excluding carboxylic acids is 1. The lowest BCUT2D eigenvalue weighted by Crippen LogP contribution is -2.32. The van der Waals surface area contributed by atoms with Crippen molar-refractivity contribution >= 4 is 28.4 Å². The second kappa shape index (κ2) is 10.5. The Morgan fingerprint density at radius 2 is 1.88 bits per heavy atom. The van der Waals surface area contributed by atoms with E-state index in [1.54, 1.807) is 37.3 Å². The predicted molar refractivity (Wildman–Crippen MR) is 159 cm³/mol. The molecule has 0 bridgehead atoms. The summed E-state index contributed by atoms with van der Waals surface area (Å²) >= 11 is 5.94. The summed E-state index contributed by atoms with van der Waals surface area (Å²) in [6.45, 7) is 4.46. The number of aromatic nitrogens is 2. The van der Waals surface area contributed by atoms with E-state index >= 15 is 4.39 Å². The molecule has 0 N–H and O–H groups in total. The second-order valence-corrected chi connectivity index (χ2v) is 11.5. The van der Waals surface area contributed by atoms with Crippen molar-refractivity contribution in [3.05, 3.63) is 112 Å². The first-order chi connectivity index (χ1) is 20.7. The zero-order valence-corrected chi connectivity index (χ0v) is 24.3. The van der Waals surface area contributed by atoms with Crippen molar-refractivity contribution in [1.29, 1.82) is 0 Å². The summed E-state index contributed by atoms with van der Waals surface area (Å²) in [4.78, 5) is 16.8. The number of ketones is 1. The molecule has 43 heavy (non-hydrogen) atoms. The zero-order chi connectivity index (χ0) is 29.9. The summed E-state index contributed by atoms with van der Waals surface area (Å²) in [7, 11) is 0. The number of fused-ring (bicyclic) bond motifs is 2. The number of hydrogen-bond acceptors (Lipinski definition) is 5. The molecule has 3 heterocycles. The Balaban J connectivity index is 1.20. The van der Waals surface area contributed by atoms with Gasteiger partial charge in [0, 0.05) is 36.1 Å². The highest BCUT2D eigenvalue weighted by Crippen LogP contribution is 2.49. The molecule has 1 fully saturated rings. The molecule has 2 aliphatic rings. The van der Waals surface area contributed by atoms with Crippen molar-refractivity contribution in [2.75, 3.05) is 6.61 Å². The summed E-state index contributed by atoms with van der Waals surface area (Å²) < 4.78 is 50.5. The molecule has 1 saturated heterocycles. The minimum absolute atomic E-state index is 0.0295. The molecule has 218 valence electrons. The highest BCUT2D eigenvalue weighted by molar-refractivity contribution is 6.30. The molecular formula is C34H27ClF2N2O4. The van der Waals surface area contributed by atoms with Crippen LogP contribution in [0, 0.1) is 11.6 Å². The molecular weight excluding hydrogens is 574 g/mol. The molecule has 2 aliphatic heterocycles. The topological polar surface area (TPSA) is 62.6 Å². The SMILES string of the molecule is CC(=O)c1ccc2nc(Cc3ccc(-c4cccc5c4OC(C)(c4ccc(Cl)cc4F)O5)cc3F)n(C[C@@H]3CCO3)c2c1. The number of para-hydroxylation sites is 1. The Morgan fingerprint density at radius 1 is 1.05 bits per heavy atom. The average Bonchev–Trinajstić information content (AvgIpc) is 3.47. The highest BCUT2D eigenvalue weighted by Gasteiger charge is 2.42. The summed E-state index contributed by atoms with van der Waals surface area (Å²) in [6.07, 6.45) is 1.24. The zero-order valence-electron chi connectivity index (χ0n) is 23.5. The number of rotatable bonds is 7. The van der Waals surface area contributed by atoms with E-state index in [0.717, 1.165) is 17.5 Å². The molecule has 9 heteroatoms. The lowest BCUT2D eigenvalue weighted by atomic mass is 10.0.